The van der Waals surface area contributed by atoms with E-state index in [1.807, 2.05) is 153 Å². The van der Waals surface area contributed by atoms with Crippen LogP contribution in [0.1, 0.15) is 23.6 Å². The Morgan fingerprint density at radius 1 is 0.455 bits per heavy atom. The van der Waals surface area contributed by atoms with Crippen LogP contribution >= 0.6 is 0 Å². The Bertz CT molecular complexity index is 3500. The van der Waals surface area contributed by atoms with E-state index >= 15 is 0 Å². The van der Waals surface area contributed by atoms with Crippen molar-refractivity contribution in [3.05, 3.63) is 264 Å². The molecule has 5 heteroatoms. The van der Waals surface area contributed by atoms with E-state index in [-0.39, 0.29) is 17.3 Å². The van der Waals surface area contributed by atoms with Crippen LogP contribution in [-0.2, 0) is 4.79 Å². The molecule has 66 heavy (non-hydrogen) atoms. The second kappa shape index (κ2) is 16.7. The van der Waals surface area contributed by atoms with Gasteiger partial charge in [-0.1, -0.05) is 170 Å². The first-order valence-electron chi connectivity index (χ1n) is 22.1. The highest BCUT2D eigenvalue weighted by molar-refractivity contribution is 6.44. The Morgan fingerprint density at radius 2 is 0.970 bits per heavy atom. The topological polar surface area (TPSA) is 63.8 Å². The molecular weight excluding hydrogens is 809 g/mol. The summed E-state index contributed by atoms with van der Waals surface area (Å²) in [6.07, 6.45) is 1.78. The third kappa shape index (κ3) is 6.73. The summed E-state index contributed by atoms with van der Waals surface area (Å²) in [5, 5.41) is 26.2. The Kier molecular flexibility index (Phi) is 10.1. The van der Waals surface area contributed by atoms with E-state index in [4.69, 9.17) is 0 Å². The molecule has 9 aromatic rings. The normalized spacial score (nSPS) is 15.2. The highest BCUT2D eigenvalue weighted by Gasteiger charge is 2.41. The Balaban J connectivity index is 1.09. The molecule has 2 aliphatic rings. The summed E-state index contributed by atoms with van der Waals surface area (Å²) in [4.78, 5) is 17.1. The van der Waals surface area contributed by atoms with Gasteiger partial charge in [-0.3, -0.25) is 4.79 Å². The minimum atomic E-state index is -0.238. The molecule has 0 spiro atoms. The highest BCUT2D eigenvalue weighted by atomic mass is 16.3. The molecule has 0 aromatic heterocycles. The molecule has 0 unspecified atom stereocenters. The van der Waals surface area contributed by atoms with Crippen molar-refractivity contribution in [1.82, 2.24) is 4.58 Å². The number of hydrogen-bond acceptors (Lipinski definition) is 4. The molecule has 0 aliphatic heterocycles. The molecule has 0 radical (unpaired) electrons. The SMILES string of the molecule is CC1=C(c2c(O)cc(N(c3ccccc3)c3ccccc3-c3ccccc3)c3ccccc23)C(=O)/C1=C1/C(O)=CC(=[N+](c2ccccc2)c2ccccc2-c2ccccc2)c2ccccc21. The lowest BCUT2D eigenvalue weighted by atomic mass is 9.72. The minimum absolute atomic E-state index is 0.0106. The minimum Gasteiger partial charge on any atom is -0.507 e. The van der Waals surface area contributed by atoms with Crippen molar-refractivity contribution in [1.29, 1.82) is 0 Å². The zero-order valence-electron chi connectivity index (χ0n) is 36.1. The average molecular weight is 852 g/mol. The van der Waals surface area contributed by atoms with E-state index in [1.54, 1.807) is 12.1 Å². The van der Waals surface area contributed by atoms with Gasteiger partial charge in [-0.25, -0.2) is 0 Å². The highest BCUT2D eigenvalue weighted by Crippen LogP contribution is 2.52. The lowest BCUT2D eigenvalue weighted by Gasteiger charge is -2.32. The number of phenolic OH excluding ortho intramolecular Hbond substituents is 1. The zero-order chi connectivity index (χ0) is 44.7. The molecule has 2 N–H and O–H groups in total. The van der Waals surface area contributed by atoms with Gasteiger partial charge in [0.2, 0.25) is 17.1 Å². The maximum Gasteiger partial charge on any atom is 0.223 e. The number of ketones is 1. The summed E-state index contributed by atoms with van der Waals surface area (Å²) in [5.74, 6) is -0.259. The maximum absolute atomic E-state index is 15.0. The number of nitrogens with zero attached hydrogens (tertiary/aromatic N) is 2. The van der Waals surface area contributed by atoms with Crippen molar-refractivity contribution in [2.24, 2.45) is 0 Å². The number of hydrogen-bond donors (Lipinski definition) is 2. The first-order valence-corrected chi connectivity index (χ1v) is 22.1. The van der Waals surface area contributed by atoms with E-state index in [1.165, 1.54) is 0 Å². The van der Waals surface area contributed by atoms with Gasteiger partial charge in [0, 0.05) is 68.7 Å². The van der Waals surface area contributed by atoms with Crippen LogP contribution in [0.3, 0.4) is 0 Å². The molecule has 9 aromatic carbocycles. The van der Waals surface area contributed by atoms with Crippen LogP contribution in [-0.4, -0.2) is 21.7 Å². The van der Waals surface area contributed by atoms with Crippen molar-refractivity contribution in [2.75, 3.05) is 4.90 Å². The van der Waals surface area contributed by atoms with Gasteiger partial charge in [0.15, 0.2) is 5.78 Å². The lowest BCUT2D eigenvalue weighted by Crippen LogP contribution is -2.26. The Labute approximate surface area is 383 Å². The largest absolute Gasteiger partial charge is 0.507 e. The molecule has 0 atom stereocenters. The predicted molar refractivity (Wildman–Crippen MR) is 271 cm³/mol. The first kappa shape index (κ1) is 40.0. The van der Waals surface area contributed by atoms with Crippen LogP contribution in [0.4, 0.5) is 28.4 Å². The molecule has 314 valence electrons. The van der Waals surface area contributed by atoms with Crippen molar-refractivity contribution >= 4 is 61.9 Å². The van der Waals surface area contributed by atoms with E-state index < -0.39 is 0 Å². The van der Waals surface area contributed by atoms with Crippen LogP contribution in [0, 0.1) is 0 Å². The third-order valence-electron chi connectivity index (χ3n) is 12.7. The van der Waals surface area contributed by atoms with Crippen LogP contribution in [0.15, 0.2) is 247 Å². The number of anilines is 3. The van der Waals surface area contributed by atoms with Crippen molar-refractivity contribution < 1.29 is 15.0 Å². The predicted octanol–water partition coefficient (Wildman–Crippen LogP) is 14.9. The number of rotatable bonds is 8. The molecule has 0 bridgehead atoms. The molecule has 11 rings (SSSR count). The Morgan fingerprint density at radius 3 is 1.64 bits per heavy atom. The van der Waals surface area contributed by atoms with Crippen LogP contribution in [0.2, 0.25) is 0 Å². The van der Waals surface area contributed by atoms with Crippen molar-refractivity contribution in [2.45, 2.75) is 6.92 Å². The van der Waals surface area contributed by atoms with Gasteiger partial charge in [0.1, 0.15) is 11.5 Å². The summed E-state index contributed by atoms with van der Waals surface area (Å²) in [5.41, 5.74) is 13.6. The summed E-state index contributed by atoms with van der Waals surface area (Å²) in [6.45, 7) is 1.91. The zero-order valence-corrected chi connectivity index (χ0v) is 36.1. The molecular formula is C61H43N2O3+. The molecule has 2 aliphatic carbocycles. The summed E-state index contributed by atoms with van der Waals surface area (Å²) >= 11 is 0. The second-order valence-corrected chi connectivity index (χ2v) is 16.5. The van der Waals surface area contributed by atoms with E-state index in [9.17, 15) is 15.0 Å². The van der Waals surface area contributed by atoms with Crippen molar-refractivity contribution in [3.63, 3.8) is 0 Å². The molecule has 0 amide bonds. The number of aliphatic hydroxyl groups excluding tert-OH is 1. The maximum atomic E-state index is 15.0. The quantitative estimate of drug-likeness (QED) is 0.118. The number of aliphatic hydroxyl groups is 1. The second-order valence-electron chi connectivity index (χ2n) is 16.5. The number of fused-ring (bicyclic) bond motifs is 2. The number of carbonyl (C=O) groups excluding carboxylic acids is 1. The summed E-state index contributed by atoms with van der Waals surface area (Å²) < 4.78 is 2.18. The number of allylic oxidation sites excluding steroid dienone is 5. The molecule has 0 fully saturated rings. The summed E-state index contributed by atoms with van der Waals surface area (Å²) in [7, 11) is 0. The van der Waals surface area contributed by atoms with Gasteiger partial charge in [-0.2, -0.15) is 4.58 Å². The molecule has 5 nitrogen and oxygen atoms in total. The number of phenols is 1. The fourth-order valence-electron chi connectivity index (χ4n) is 9.74. The third-order valence-corrected chi connectivity index (χ3v) is 12.7. The monoisotopic (exact) mass is 851 g/mol. The van der Waals surface area contributed by atoms with E-state index in [2.05, 4.69) is 82.3 Å². The van der Waals surface area contributed by atoms with E-state index in [0.29, 0.717) is 27.9 Å². The molecule has 0 saturated carbocycles. The van der Waals surface area contributed by atoms with E-state index in [0.717, 1.165) is 78.3 Å². The molecule has 0 heterocycles. The fourth-order valence-corrected chi connectivity index (χ4v) is 9.74. The van der Waals surface area contributed by atoms with Crippen LogP contribution in [0.25, 0.3) is 44.2 Å². The number of aromatic hydroxyl groups is 1. The number of para-hydroxylation sites is 4. The number of carbonyl (C=O) groups is 1. The molecule has 0 saturated heterocycles. The van der Waals surface area contributed by atoms with Gasteiger partial charge in [-0.15, -0.1) is 0 Å². The van der Waals surface area contributed by atoms with Gasteiger partial charge >= 0.3 is 0 Å². The fraction of sp³-hybridized carbons (Fsp3) is 0.0164. The summed E-state index contributed by atoms with van der Waals surface area (Å²) in [6, 6.07) is 75.1. The van der Waals surface area contributed by atoms with Crippen LogP contribution < -0.4 is 9.48 Å². The first-order chi connectivity index (χ1) is 32.5. The van der Waals surface area contributed by atoms with Gasteiger partial charge < -0.3 is 15.1 Å². The van der Waals surface area contributed by atoms with Gasteiger partial charge in [0.25, 0.3) is 0 Å². The smallest absolute Gasteiger partial charge is 0.223 e. The lowest BCUT2D eigenvalue weighted by molar-refractivity contribution is -0.111. The van der Waals surface area contributed by atoms with Gasteiger partial charge in [0.05, 0.1) is 28.6 Å². The Hall–Kier alpha value is -8.80. The standard InChI is InChI=1S/C61H42N2O3/c1-40-57(59-49-34-16-14-32-47(49)53(38-55(59)64)62(43-26-10-4-11-27-43)51-36-20-18-30-45(51)41-22-6-2-7-23-41)61(66)58(40)60-50-35-17-15-33-48(50)54(39-56(60)65)63(44-28-12-5-13-29-44)52-37-21-19-31-46(52)42-24-8-3-9-25-42/h2-39H,1H3,(H,64,65)/p+1. The van der Waals surface area contributed by atoms with Crippen molar-refractivity contribution in [3.8, 4) is 28.0 Å². The van der Waals surface area contributed by atoms with Gasteiger partial charge in [-0.05, 0) is 59.3 Å². The van der Waals surface area contributed by atoms with Crippen LogP contribution in [0.5, 0.6) is 5.75 Å². The number of Topliss-reactive ketones (excluding diaryl/α,β-unsaturated/α-hetero) is 1. The number of benzene rings is 9. The average Bonchev–Trinajstić information content (AvgIpc) is 3.37.